The number of ether oxygens (including phenoxy) is 3. The lowest BCUT2D eigenvalue weighted by Gasteiger charge is -2.25. The lowest BCUT2D eigenvalue weighted by atomic mass is 10.1. The lowest BCUT2D eigenvalue weighted by Crippen LogP contribution is -2.56. The molecule has 2 N–H and O–H groups in total. The summed E-state index contributed by atoms with van der Waals surface area (Å²) in [6.45, 7) is 1.96. The highest BCUT2D eigenvalue weighted by Gasteiger charge is 2.61. The zero-order chi connectivity index (χ0) is 37.2. The molecule has 3 aliphatic rings. The smallest absolute Gasteiger partial charge is 0.264 e. The zero-order valence-corrected chi connectivity index (χ0v) is 30.4. The van der Waals surface area contributed by atoms with E-state index in [2.05, 4.69) is 10.0 Å². The van der Waals surface area contributed by atoms with Crippen LogP contribution >= 0.6 is 0 Å². The van der Waals surface area contributed by atoms with Crippen molar-refractivity contribution in [1.82, 2.24) is 19.9 Å². The quantitative estimate of drug-likeness (QED) is 0.255. The number of hydrogen-bond acceptors (Lipinski definition) is 9. The molecule has 4 atom stereocenters. The predicted molar refractivity (Wildman–Crippen MR) is 198 cm³/mol. The first-order valence-electron chi connectivity index (χ1n) is 17.8. The van der Waals surface area contributed by atoms with E-state index in [-0.39, 0.29) is 30.2 Å². The highest BCUT2D eigenvalue weighted by atomic mass is 32.2. The normalized spacial score (nSPS) is 24.0. The van der Waals surface area contributed by atoms with Crippen molar-refractivity contribution < 1.29 is 37.0 Å². The molecule has 13 heteroatoms. The predicted octanol–water partition coefficient (Wildman–Crippen LogP) is 5.17. The maximum atomic E-state index is 14.1. The minimum Gasteiger partial charge on any atom is -0.497 e. The van der Waals surface area contributed by atoms with E-state index in [0.717, 1.165) is 36.6 Å². The van der Waals surface area contributed by atoms with Gasteiger partial charge < -0.3 is 24.4 Å². The first kappa shape index (κ1) is 36.0. The van der Waals surface area contributed by atoms with E-state index in [4.69, 9.17) is 19.2 Å². The van der Waals surface area contributed by atoms with Crippen LogP contribution in [-0.4, -0.2) is 74.0 Å². The van der Waals surface area contributed by atoms with Crippen molar-refractivity contribution >= 4 is 38.6 Å². The minimum atomic E-state index is -4.30. The molecule has 2 bridgehead atoms. The van der Waals surface area contributed by atoms with Crippen molar-refractivity contribution in [3.05, 3.63) is 91.0 Å². The molecule has 4 aromatic rings. The molecule has 1 saturated heterocycles. The number of fused-ring (bicyclic) bond motifs is 4. The molecule has 0 unspecified atom stereocenters. The number of benzene rings is 3. The third-order valence-electron chi connectivity index (χ3n) is 10.1. The molecule has 2 aliphatic heterocycles. The van der Waals surface area contributed by atoms with Crippen molar-refractivity contribution in [3.63, 3.8) is 0 Å². The average Bonchev–Trinajstić information content (AvgIpc) is 3.68. The van der Waals surface area contributed by atoms with E-state index in [1.165, 1.54) is 24.0 Å². The van der Waals surface area contributed by atoms with Crippen LogP contribution < -0.4 is 24.2 Å². The number of pyridine rings is 1. The third-order valence-corrected chi connectivity index (χ3v) is 11.4. The second kappa shape index (κ2) is 14.9. The first-order valence-corrected chi connectivity index (χ1v) is 19.3. The van der Waals surface area contributed by atoms with Gasteiger partial charge in [0.05, 0.1) is 36.4 Å². The molecule has 3 amide bonds. The molecule has 3 heterocycles. The second-order valence-corrected chi connectivity index (χ2v) is 15.4. The zero-order valence-electron chi connectivity index (χ0n) is 29.6. The van der Waals surface area contributed by atoms with Crippen LogP contribution in [0.4, 0.5) is 0 Å². The van der Waals surface area contributed by atoms with Gasteiger partial charge in [-0.2, -0.15) is 0 Å². The molecule has 0 radical (unpaired) electrons. The van der Waals surface area contributed by atoms with Gasteiger partial charge in [-0.05, 0) is 56.4 Å². The van der Waals surface area contributed by atoms with E-state index < -0.39 is 45.4 Å². The third kappa shape index (κ3) is 7.71. The summed E-state index contributed by atoms with van der Waals surface area (Å²) in [5.74, 6) is -0.605. The van der Waals surface area contributed by atoms with E-state index in [0.29, 0.717) is 35.1 Å². The summed E-state index contributed by atoms with van der Waals surface area (Å²) in [5.41, 5.74) is 0.713. The summed E-state index contributed by atoms with van der Waals surface area (Å²) in [6.07, 6.45) is 7.02. The van der Waals surface area contributed by atoms with Gasteiger partial charge in [0.2, 0.25) is 11.8 Å². The van der Waals surface area contributed by atoms with E-state index in [1.807, 2.05) is 66.7 Å². The number of rotatable bonds is 6. The monoisotopic (exact) mass is 738 g/mol. The summed E-state index contributed by atoms with van der Waals surface area (Å²) >= 11 is 0. The Morgan fingerprint density at radius 1 is 1.02 bits per heavy atom. The van der Waals surface area contributed by atoms with Crippen molar-refractivity contribution in [2.75, 3.05) is 20.3 Å². The van der Waals surface area contributed by atoms with E-state index in [1.54, 1.807) is 19.2 Å². The number of aromatic nitrogens is 1. The first-order chi connectivity index (χ1) is 25.6. The number of amides is 3. The number of sulfonamides is 1. The van der Waals surface area contributed by atoms with Gasteiger partial charge in [0.15, 0.2) is 0 Å². The molecule has 1 aliphatic carbocycles. The molecule has 53 heavy (non-hydrogen) atoms. The number of allylic oxidation sites excluding steroid dienone is 1. The van der Waals surface area contributed by atoms with Crippen LogP contribution in [0.15, 0.2) is 95.9 Å². The molecule has 12 nitrogen and oxygen atoms in total. The Morgan fingerprint density at radius 2 is 1.85 bits per heavy atom. The molecule has 276 valence electrons. The van der Waals surface area contributed by atoms with Gasteiger partial charge in [-0.25, -0.2) is 18.1 Å². The Bertz CT molecular complexity index is 2180. The number of nitrogens with zero attached hydrogens (tertiary/aromatic N) is 2. The van der Waals surface area contributed by atoms with Crippen LogP contribution in [0.2, 0.25) is 0 Å². The Hall–Kier alpha value is -5.43. The SMILES string of the molecule is COc1ccc2c(O[C@@H]3C[C@@H](C(=O)N[C@]45C[C@H]4C=CCCCCCOc4cccc(c4)S(=O)(=O)NC5=O)N(C(C)=O)C3)cc(-c3ccccc3)nc2c1. The molecule has 0 spiro atoms. The minimum absolute atomic E-state index is 0.124. The van der Waals surface area contributed by atoms with Crippen LogP contribution in [0, 0.1) is 5.92 Å². The maximum Gasteiger partial charge on any atom is 0.264 e. The summed E-state index contributed by atoms with van der Waals surface area (Å²) in [4.78, 5) is 47.1. The van der Waals surface area contributed by atoms with Crippen molar-refractivity contribution in [1.29, 1.82) is 0 Å². The molecule has 7 rings (SSSR count). The highest BCUT2D eigenvalue weighted by molar-refractivity contribution is 7.90. The summed E-state index contributed by atoms with van der Waals surface area (Å²) < 4.78 is 46.8. The van der Waals surface area contributed by atoms with E-state index in [9.17, 15) is 22.8 Å². The molecule has 1 aromatic heterocycles. The Kier molecular flexibility index (Phi) is 10.1. The van der Waals surface area contributed by atoms with Gasteiger partial charge in [-0.3, -0.25) is 14.4 Å². The highest BCUT2D eigenvalue weighted by Crippen LogP contribution is 2.46. The average molecular weight is 739 g/mol. The van der Waals surface area contributed by atoms with Crippen LogP contribution in [0.5, 0.6) is 17.2 Å². The van der Waals surface area contributed by atoms with E-state index >= 15 is 0 Å². The van der Waals surface area contributed by atoms with Gasteiger partial charge in [0.1, 0.15) is 34.9 Å². The Balaban J connectivity index is 1.14. The summed E-state index contributed by atoms with van der Waals surface area (Å²) in [7, 11) is -2.72. The van der Waals surface area contributed by atoms with Crippen molar-refractivity contribution in [2.45, 2.75) is 68.0 Å². The topological polar surface area (TPSA) is 153 Å². The molecule has 3 aromatic carbocycles. The number of carbonyl (C=O) groups is 3. The van der Waals surface area contributed by atoms with Gasteiger partial charge in [0.25, 0.3) is 15.9 Å². The number of likely N-dealkylation sites (tertiary alicyclic amines) is 1. The Labute approximate surface area is 308 Å². The standard InChI is InChI=1S/C40H42N4O8S/c1-26(45)44-25-31(52-37-23-34(27-12-7-6-8-13-27)41-35-21-29(50-2)17-18-33(35)37)22-36(44)38(46)42-40-24-28(40)14-9-4-3-5-10-19-51-30-15-11-16-32(20-30)53(48,49)43-39(40)47/h6-9,11-18,20-21,23,28,31,36H,3-5,10,19,22,24-25H2,1-2H3,(H,42,46)(H,43,47)/t28-,31-,36+,40-/m1/s1. The number of hydrogen-bond donors (Lipinski definition) is 2. The van der Waals surface area contributed by atoms with Crippen molar-refractivity contribution in [3.8, 4) is 28.5 Å². The number of methoxy groups -OCH3 is 1. The molecular weight excluding hydrogens is 697 g/mol. The fourth-order valence-corrected chi connectivity index (χ4v) is 8.17. The molecule has 2 fully saturated rings. The fourth-order valence-electron chi connectivity index (χ4n) is 7.10. The van der Waals surface area contributed by atoms with Gasteiger partial charge in [-0.15, -0.1) is 0 Å². The summed E-state index contributed by atoms with van der Waals surface area (Å²) in [5, 5.41) is 3.62. The van der Waals surface area contributed by atoms with Crippen LogP contribution in [-0.2, 0) is 24.4 Å². The van der Waals surface area contributed by atoms with Crippen LogP contribution in [0.3, 0.4) is 0 Å². The van der Waals surface area contributed by atoms with Crippen LogP contribution in [0.25, 0.3) is 22.2 Å². The van der Waals surface area contributed by atoms with Gasteiger partial charge in [0, 0.05) is 48.4 Å². The largest absolute Gasteiger partial charge is 0.497 e. The fraction of sp³-hybridized carbons (Fsp3) is 0.350. The number of carbonyl (C=O) groups excluding carboxylic acids is 3. The Morgan fingerprint density at radius 3 is 2.64 bits per heavy atom. The van der Waals surface area contributed by atoms with Gasteiger partial charge >= 0.3 is 0 Å². The lowest BCUT2D eigenvalue weighted by molar-refractivity contribution is -0.138. The molecule has 1 saturated carbocycles. The maximum absolute atomic E-state index is 14.1. The summed E-state index contributed by atoms with van der Waals surface area (Å²) in [6, 6.07) is 22.1. The number of nitrogens with one attached hydrogen (secondary N) is 2. The molecular formula is C40H42N4O8S. The van der Waals surface area contributed by atoms with Crippen molar-refractivity contribution in [2.24, 2.45) is 5.92 Å². The van der Waals surface area contributed by atoms with Gasteiger partial charge in [-0.1, -0.05) is 48.6 Å². The second-order valence-electron chi connectivity index (χ2n) is 13.7. The van der Waals surface area contributed by atoms with Crippen LogP contribution in [0.1, 0.15) is 45.4 Å².